The number of non-ortho nitro benzene ring substituents is 1. The highest BCUT2D eigenvalue weighted by atomic mass is 16.6. The van der Waals surface area contributed by atoms with Crippen LogP contribution in [-0.4, -0.2) is 15.3 Å². The number of nitro benzene ring substituents is 1. The Balaban J connectivity index is 1.98. The second-order valence-electron chi connectivity index (χ2n) is 5.40. The predicted molar refractivity (Wildman–Crippen MR) is 86.8 cm³/mol. The number of aromatic nitrogens is 2. The molecule has 0 aliphatic rings. The molecule has 24 heavy (non-hydrogen) atoms. The molecule has 7 nitrogen and oxygen atoms in total. The maximum Gasteiger partial charge on any atom is 0.344 e. The van der Waals surface area contributed by atoms with E-state index in [0.717, 1.165) is 0 Å². The highest BCUT2D eigenvalue weighted by Gasteiger charge is 2.17. The summed E-state index contributed by atoms with van der Waals surface area (Å²) in [5.74, 6) is -0.196. The topological polar surface area (TPSA) is 86.1 Å². The molecule has 0 unspecified atom stereocenters. The SMILES string of the molecule is Cn1c[n+](CC(=O)c2ccc([N+](=O)[O-])cc2)c2ccccc2c1=O. The quantitative estimate of drug-likeness (QED) is 0.316. The number of carbonyl (C=O) groups excluding carboxylic acids is 1. The summed E-state index contributed by atoms with van der Waals surface area (Å²) in [7, 11) is 1.63. The van der Waals surface area contributed by atoms with Crippen molar-refractivity contribution in [3.05, 3.63) is 80.9 Å². The van der Waals surface area contributed by atoms with Crippen molar-refractivity contribution >= 4 is 22.4 Å². The molecule has 0 spiro atoms. The van der Waals surface area contributed by atoms with Gasteiger partial charge in [0.15, 0.2) is 6.54 Å². The molecular weight excluding hydrogens is 310 g/mol. The van der Waals surface area contributed by atoms with E-state index in [2.05, 4.69) is 0 Å². The fourth-order valence-corrected chi connectivity index (χ4v) is 2.56. The third-order valence-corrected chi connectivity index (χ3v) is 3.79. The lowest BCUT2D eigenvalue weighted by Crippen LogP contribution is -2.43. The van der Waals surface area contributed by atoms with Crippen LogP contribution in [-0.2, 0) is 13.6 Å². The maximum absolute atomic E-state index is 12.5. The fourth-order valence-electron chi connectivity index (χ4n) is 2.56. The number of rotatable bonds is 4. The lowest BCUT2D eigenvalue weighted by molar-refractivity contribution is -0.661. The summed E-state index contributed by atoms with van der Waals surface area (Å²) in [4.78, 5) is 34.8. The molecule has 0 bridgehead atoms. The lowest BCUT2D eigenvalue weighted by Gasteiger charge is -2.05. The molecule has 3 aromatic rings. The van der Waals surface area contributed by atoms with Gasteiger partial charge in [-0.2, -0.15) is 0 Å². The number of hydrogen-bond donors (Lipinski definition) is 0. The average molecular weight is 324 g/mol. The number of nitro groups is 1. The molecule has 0 amide bonds. The second-order valence-corrected chi connectivity index (χ2v) is 5.40. The van der Waals surface area contributed by atoms with Crippen molar-refractivity contribution in [2.24, 2.45) is 7.05 Å². The Morgan fingerprint density at radius 2 is 1.83 bits per heavy atom. The summed E-state index contributed by atoms with van der Waals surface area (Å²) in [6.07, 6.45) is 1.58. The molecule has 0 fully saturated rings. The minimum atomic E-state index is -0.510. The maximum atomic E-state index is 12.5. The first-order valence-electron chi connectivity index (χ1n) is 7.23. The van der Waals surface area contributed by atoms with E-state index in [0.29, 0.717) is 16.5 Å². The number of para-hydroxylation sites is 1. The summed E-state index contributed by atoms with van der Waals surface area (Å²) in [6, 6.07) is 12.5. The Morgan fingerprint density at radius 3 is 2.50 bits per heavy atom. The molecule has 2 aromatic carbocycles. The van der Waals surface area contributed by atoms with Gasteiger partial charge in [-0.05, 0) is 24.3 Å². The van der Waals surface area contributed by atoms with Gasteiger partial charge in [0, 0.05) is 17.7 Å². The number of benzene rings is 2. The predicted octanol–water partition coefficient (Wildman–Crippen LogP) is 1.62. The summed E-state index contributed by atoms with van der Waals surface area (Å²) >= 11 is 0. The van der Waals surface area contributed by atoms with Gasteiger partial charge in [-0.3, -0.25) is 14.9 Å². The van der Waals surface area contributed by atoms with E-state index in [9.17, 15) is 19.7 Å². The van der Waals surface area contributed by atoms with E-state index < -0.39 is 4.92 Å². The molecular formula is C17H14N3O4+. The second kappa shape index (κ2) is 6.04. The molecule has 0 radical (unpaired) electrons. The number of aryl methyl sites for hydroxylation is 1. The highest BCUT2D eigenvalue weighted by molar-refractivity contribution is 5.95. The smallest absolute Gasteiger partial charge is 0.290 e. The standard InChI is InChI=1S/C17H14N3O4/c1-18-11-19(15-5-3-2-4-14(15)17(18)22)10-16(21)12-6-8-13(9-7-12)20(23)24/h2-9,11H,10H2,1H3/q+1. The van der Waals surface area contributed by atoms with Crippen molar-refractivity contribution in [3.63, 3.8) is 0 Å². The van der Waals surface area contributed by atoms with Crippen LogP contribution >= 0.6 is 0 Å². The minimum Gasteiger partial charge on any atom is -0.290 e. The first-order valence-corrected chi connectivity index (χ1v) is 7.23. The Morgan fingerprint density at radius 1 is 1.17 bits per heavy atom. The van der Waals surface area contributed by atoms with Crippen molar-refractivity contribution < 1.29 is 14.3 Å². The summed E-state index contributed by atoms with van der Waals surface area (Å²) in [6.45, 7) is 0.0342. The van der Waals surface area contributed by atoms with Crippen LogP contribution in [0.1, 0.15) is 10.4 Å². The normalized spacial score (nSPS) is 10.7. The van der Waals surface area contributed by atoms with Crippen molar-refractivity contribution in [1.29, 1.82) is 0 Å². The van der Waals surface area contributed by atoms with Gasteiger partial charge in [0.05, 0.1) is 12.0 Å². The number of nitrogens with zero attached hydrogens (tertiary/aromatic N) is 3. The molecule has 0 aliphatic carbocycles. The first-order chi connectivity index (χ1) is 11.5. The fraction of sp³-hybridized carbons (Fsp3) is 0.118. The Labute approximate surface area is 136 Å². The summed E-state index contributed by atoms with van der Waals surface area (Å²) in [5.41, 5.74) is 0.846. The average Bonchev–Trinajstić information content (AvgIpc) is 2.59. The van der Waals surface area contributed by atoms with Gasteiger partial charge in [0.2, 0.25) is 12.1 Å². The third kappa shape index (κ3) is 2.79. The van der Waals surface area contributed by atoms with Crippen molar-refractivity contribution in [2.45, 2.75) is 6.54 Å². The molecule has 0 saturated carbocycles. The van der Waals surface area contributed by atoms with Crippen LogP contribution in [0.2, 0.25) is 0 Å². The van der Waals surface area contributed by atoms with Gasteiger partial charge in [-0.25, -0.2) is 13.9 Å². The zero-order valence-corrected chi connectivity index (χ0v) is 12.9. The van der Waals surface area contributed by atoms with Crippen LogP contribution in [0, 0.1) is 10.1 Å². The van der Waals surface area contributed by atoms with Crippen molar-refractivity contribution in [2.75, 3.05) is 0 Å². The number of hydrogen-bond acceptors (Lipinski definition) is 4. The molecule has 0 saturated heterocycles. The monoisotopic (exact) mass is 324 g/mol. The number of carbonyl (C=O) groups is 1. The van der Waals surface area contributed by atoms with Crippen molar-refractivity contribution in [3.8, 4) is 0 Å². The number of Topliss-reactive ketones (excluding diaryl/α,β-unsaturated/α-hetero) is 1. The molecule has 7 heteroatoms. The minimum absolute atomic E-state index is 0.0342. The van der Waals surface area contributed by atoms with Crippen LogP contribution in [0.15, 0.2) is 59.7 Å². The zero-order valence-electron chi connectivity index (χ0n) is 12.9. The van der Waals surface area contributed by atoms with Gasteiger partial charge in [0.1, 0.15) is 10.9 Å². The molecule has 0 atom stereocenters. The van der Waals surface area contributed by atoms with Crippen LogP contribution in [0.4, 0.5) is 5.69 Å². The Hall–Kier alpha value is -3.35. The Bertz CT molecular complexity index is 1010. The molecule has 1 heterocycles. The van der Waals surface area contributed by atoms with Crippen LogP contribution < -0.4 is 10.1 Å². The van der Waals surface area contributed by atoms with E-state index in [1.54, 1.807) is 42.2 Å². The highest BCUT2D eigenvalue weighted by Crippen LogP contribution is 2.12. The molecule has 1 aromatic heterocycles. The number of ketones is 1. The van der Waals surface area contributed by atoms with Crippen LogP contribution in [0.25, 0.3) is 10.9 Å². The van der Waals surface area contributed by atoms with Gasteiger partial charge < -0.3 is 0 Å². The van der Waals surface area contributed by atoms with Crippen molar-refractivity contribution in [1.82, 2.24) is 4.57 Å². The molecule has 120 valence electrons. The Kier molecular flexibility index (Phi) is 3.91. The first kappa shape index (κ1) is 15.5. The number of fused-ring (bicyclic) bond motifs is 1. The van der Waals surface area contributed by atoms with E-state index in [4.69, 9.17) is 0 Å². The lowest BCUT2D eigenvalue weighted by atomic mass is 10.1. The van der Waals surface area contributed by atoms with Crippen LogP contribution in [0.3, 0.4) is 0 Å². The van der Waals surface area contributed by atoms with E-state index in [1.807, 2.05) is 0 Å². The van der Waals surface area contributed by atoms with Gasteiger partial charge in [-0.1, -0.05) is 12.1 Å². The summed E-state index contributed by atoms with van der Waals surface area (Å²) < 4.78 is 3.12. The third-order valence-electron chi connectivity index (χ3n) is 3.79. The molecule has 0 N–H and O–H groups in total. The summed E-state index contributed by atoms with van der Waals surface area (Å²) in [5, 5.41) is 11.2. The van der Waals surface area contributed by atoms with E-state index in [1.165, 1.54) is 28.8 Å². The van der Waals surface area contributed by atoms with E-state index in [-0.39, 0.29) is 23.6 Å². The largest absolute Gasteiger partial charge is 0.344 e. The van der Waals surface area contributed by atoms with Gasteiger partial charge in [0.25, 0.3) is 5.69 Å². The van der Waals surface area contributed by atoms with Gasteiger partial charge >= 0.3 is 5.56 Å². The molecule has 3 rings (SSSR count). The van der Waals surface area contributed by atoms with Gasteiger partial charge in [-0.15, -0.1) is 0 Å². The van der Waals surface area contributed by atoms with E-state index >= 15 is 0 Å². The zero-order chi connectivity index (χ0) is 17.3. The molecule has 0 aliphatic heterocycles. The van der Waals surface area contributed by atoms with Crippen LogP contribution in [0.5, 0.6) is 0 Å².